The van der Waals surface area contributed by atoms with Crippen molar-refractivity contribution in [1.29, 1.82) is 0 Å². The second kappa shape index (κ2) is 5.17. The Balaban J connectivity index is 2.30. The van der Waals surface area contributed by atoms with E-state index in [0.29, 0.717) is 11.4 Å². The maximum absolute atomic E-state index is 13.2. The molecule has 1 heterocycles. The zero-order valence-electron chi connectivity index (χ0n) is 10.7. The van der Waals surface area contributed by atoms with Crippen LogP contribution in [0.5, 0.6) is 0 Å². The van der Waals surface area contributed by atoms with Crippen molar-refractivity contribution in [2.75, 3.05) is 0 Å². The van der Waals surface area contributed by atoms with Crippen LogP contribution in [0.2, 0.25) is 0 Å². The molecule has 0 bridgehead atoms. The molecular weight excluding hydrogens is 255 g/mol. The van der Waals surface area contributed by atoms with Crippen LogP contribution < -0.4 is 5.56 Å². The fraction of sp³-hybridized carbons (Fsp3) is 0.0625. The molecule has 0 unspecified atom stereocenters. The Kier molecular flexibility index (Phi) is 3.21. The van der Waals surface area contributed by atoms with E-state index < -0.39 is 6.67 Å². The quantitative estimate of drug-likeness (QED) is 0.717. The van der Waals surface area contributed by atoms with E-state index in [9.17, 15) is 9.18 Å². The maximum Gasteiger partial charge on any atom is 0.272 e. The fourth-order valence-corrected chi connectivity index (χ4v) is 2.25. The molecule has 0 atom stereocenters. The third kappa shape index (κ3) is 2.05. The minimum Gasteiger partial charge on any atom is -0.267 e. The molecule has 3 aromatic rings. The highest BCUT2D eigenvalue weighted by Gasteiger charge is 2.13. The van der Waals surface area contributed by atoms with E-state index in [1.807, 2.05) is 60.7 Å². The second-order valence-electron chi connectivity index (χ2n) is 4.40. The minimum absolute atomic E-state index is 0.243. The van der Waals surface area contributed by atoms with E-state index in [0.717, 1.165) is 5.69 Å². The standard InChI is InChI=1S/C16H13FN2O/c17-12-15-11-16(20)19(14-9-5-2-6-10-14)18(15)13-7-3-1-4-8-13/h1-11H,12H2. The van der Waals surface area contributed by atoms with Gasteiger partial charge in [0.2, 0.25) is 0 Å². The highest BCUT2D eigenvalue weighted by atomic mass is 19.1. The van der Waals surface area contributed by atoms with Crippen LogP contribution >= 0.6 is 0 Å². The van der Waals surface area contributed by atoms with Gasteiger partial charge in [-0.05, 0) is 24.3 Å². The van der Waals surface area contributed by atoms with Crippen molar-refractivity contribution in [3.05, 3.63) is 82.8 Å². The molecule has 4 heteroatoms. The van der Waals surface area contributed by atoms with Gasteiger partial charge in [0.05, 0.1) is 17.1 Å². The fourth-order valence-electron chi connectivity index (χ4n) is 2.25. The molecule has 3 rings (SSSR count). The summed E-state index contributed by atoms with van der Waals surface area (Å²) < 4.78 is 16.3. The molecule has 0 fully saturated rings. The summed E-state index contributed by atoms with van der Waals surface area (Å²) in [4.78, 5) is 12.2. The Morgan fingerprint density at radius 2 is 1.30 bits per heavy atom. The van der Waals surface area contributed by atoms with Crippen LogP contribution in [-0.2, 0) is 6.67 Å². The van der Waals surface area contributed by atoms with Gasteiger partial charge in [0.15, 0.2) is 0 Å². The molecule has 0 saturated carbocycles. The number of para-hydroxylation sites is 2. The molecule has 0 aliphatic rings. The molecule has 0 radical (unpaired) electrons. The number of benzene rings is 2. The normalized spacial score (nSPS) is 10.7. The first-order chi connectivity index (χ1) is 9.81. The van der Waals surface area contributed by atoms with E-state index >= 15 is 0 Å². The summed E-state index contributed by atoms with van der Waals surface area (Å²) in [6.45, 7) is -0.691. The molecule has 3 nitrogen and oxygen atoms in total. The lowest BCUT2D eigenvalue weighted by molar-refractivity contribution is 0.461. The van der Waals surface area contributed by atoms with E-state index in [1.165, 1.54) is 10.7 Å². The van der Waals surface area contributed by atoms with Crippen LogP contribution in [0, 0.1) is 0 Å². The van der Waals surface area contributed by atoms with E-state index in [1.54, 1.807) is 4.68 Å². The average Bonchev–Trinajstić information content (AvgIpc) is 2.85. The summed E-state index contributed by atoms with van der Waals surface area (Å²) in [7, 11) is 0. The third-order valence-corrected chi connectivity index (χ3v) is 3.11. The Morgan fingerprint density at radius 3 is 1.80 bits per heavy atom. The minimum atomic E-state index is -0.691. The molecule has 0 spiro atoms. The van der Waals surface area contributed by atoms with Crippen LogP contribution in [-0.4, -0.2) is 9.36 Å². The number of halogens is 1. The summed E-state index contributed by atoms with van der Waals surface area (Å²) in [5.41, 5.74) is 1.56. The van der Waals surface area contributed by atoms with Gasteiger partial charge in [-0.1, -0.05) is 36.4 Å². The number of hydrogen-bond donors (Lipinski definition) is 0. The first-order valence-corrected chi connectivity index (χ1v) is 6.32. The van der Waals surface area contributed by atoms with Crippen molar-refractivity contribution in [2.24, 2.45) is 0 Å². The van der Waals surface area contributed by atoms with Gasteiger partial charge in [-0.2, -0.15) is 0 Å². The van der Waals surface area contributed by atoms with E-state index in [2.05, 4.69) is 0 Å². The summed E-state index contributed by atoms with van der Waals surface area (Å²) in [6.07, 6.45) is 0. The first kappa shape index (κ1) is 12.4. The van der Waals surface area contributed by atoms with Gasteiger partial charge in [0.25, 0.3) is 5.56 Å². The molecule has 0 saturated heterocycles. The van der Waals surface area contributed by atoms with Crippen molar-refractivity contribution < 1.29 is 4.39 Å². The summed E-state index contributed by atoms with van der Waals surface area (Å²) in [5.74, 6) is 0. The SMILES string of the molecule is O=c1cc(CF)n(-c2ccccc2)n1-c1ccccc1. The summed E-state index contributed by atoms with van der Waals surface area (Å²) >= 11 is 0. The lowest BCUT2D eigenvalue weighted by Crippen LogP contribution is -2.20. The molecule has 1 aromatic heterocycles. The van der Waals surface area contributed by atoms with E-state index in [-0.39, 0.29) is 5.56 Å². The largest absolute Gasteiger partial charge is 0.272 e. The first-order valence-electron chi connectivity index (χ1n) is 6.32. The smallest absolute Gasteiger partial charge is 0.267 e. The molecule has 0 aliphatic heterocycles. The summed E-state index contributed by atoms with van der Waals surface area (Å²) in [6, 6.07) is 19.8. The van der Waals surface area contributed by atoms with Gasteiger partial charge in [-0.25, -0.2) is 13.8 Å². The van der Waals surface area contributed by atoms with Crippen LogP contribution in [0.25, 0.3) is 11.4 Å². The second-order valence-corrected chi connectivity index (χ2v) is 4.40. The van der Waals surface area contributed by atoms with Crippen LogP contribution in [0.1, 0.15) is 5.69 Å². The van der Waals surface area contributed by atoms with Crippen LogP contribution in [0.3, 0.4) is 0 Å². The molecule has 20 heavy (non-hydrogen) atoms. The van der Waals surface area contributed by atoms with Gasteiger partial charge in [0, 0.05) is 6.07 Å². The Bertz CT molecular complexity index is 760. The molecule has 100 valence electrons. The molecule has 0 amide bonds. The number of hydrogen-bond acceptors (Lipinski definition) is 1. The van der Waals surface area contributed by atoms with Gasteiger partial charge in [-0.15, -0.1) is 0 Å². The highest BCUT2D eigenvalue weighted by Crippen LogP contribution is 2.15. The number of nitrogens with zero attached hydrogens (tertiary/aromatic N) is 2. The van der Waals surface area contributed by atoms with Gasteiger partial charge < -0.3 is 0 Å². The van der Waals surface area contributed by atoms with Crippen molar-refractivity contribution in [3.8, 4) is 11.4 Å². The van der Waals surface area contributed by atoms with Crippen molar-refractivity contribution in [3.63, 3.8) is 0 Å². The monoisotopic (exact) mass is 268 g/mol. The number of rotatable bonds is 3. The molecule has 0 N–H and O–H groups in total. The summed E-state index contributed by atoms with van der Waals surface area (Å²) in [5, 5.41) is 0. The Labute approximate surface area is 115 Å². The van der Waals surface area contributed by atoms with Crippen molar-refractivity contribution >= 4 is 0 Å². The average molecular weight is 268 g/mol. The van der Waals surface area contributed by atoms with E-state index in [4.69, 9.17) is 0 Å². The van der Waals surface area contributed by atoms with Crippen LogP contribution in [0.15, 0.2) is 71.5 Å². The lowest BCUT2D eigenvalue weighted by Gasteiger charge is -2.13. The number of aromatic nitrogens is 2. The molecule has 0 aliphatic carbocycles. The number of alkyl halides is 1. The maximum atomic E-state index is 13.2. The van der Waals surface area contributed by atoms with Gasteiger partial charge in [-0.3, -0.25) is 4.79 Å². The lowest BCUT2D eigenvalue weighted by atomic mass is 10.3. The highest BCUT2D eigenvalue weighted by molar-refractivity contribution is 5.38. The van der Waals surface area contributed by atoms with Crippen molar-refractivity contribution in [2.45, 2.75) is 6.67 Å². The Morgan fingerprint density at radius 1 is 0.800 bits per heavy atom. The molecular formula is C16H13FN2O. The zero-order chi connectivity index (χ0) is 13.9. The topological polar surface area (TPSA) is 26.9 Å². The third-order valence-electron chi connectivity index (χ3n) is 3.11. The van der Waals surface area contributed by atoms with Gasteiger partial charge >= 0.3 is 0 Å². The zero-order valence-corrected chi connectivity index (χ0v) is 10.7. The predicted molar refractivity (Wildman–Crippen MR) is 76.2 cm³/mol. The Hall–Kier alpha value is -2.62. The van der Waals surface area contributed by atoms with Crippen molar-refractivity contribution in [1.82, 2.24) is 9.36 Å². The molecule has 2 aromatic carbocycles. The van der Waals surface area contributed by atoms with Crippen LogP contribution in [0.4, 0.5) is 4.39 Å². The predicted octanol–water partition coefficient (Wildman–Crippen LogP) is 3.10. The van der Waals surface area contributed by atoms with Gasteiger partial charge in [0.1, 0.15) is 6.67 Å².